The van der Waals surface area contributed by atoms with Crippen molar-refractivity contribution in [2.45, 2.75) is 18.4 Å². The molecule has 2 aromatic rings. The van der Waals surface area contributed by atoms with Crippen molar-refractivity contribution in [3.05, 3.63) is 75.8 Å². The van der Waals surface area contributed by atoms with Crippen molar-refractivity contribution in [2.24, 2.45) is 0 Å². The topological polar surface area (TPSA) is 52.9 Å². The van der Waals surface area contributed by atoms with Crippen LogP contribution < -0.4 is 5.32 Å². The van der Waals surface area contributed by atoms with E-state index in [0.717, 1.165) is 28.4 Å². The molecule has 0 radical (unpaired) electrons. The Labute approximate surface area is 143 Å². The third-order valence-electron chi connectivity index (χ3n) is 4.00. The average molecular weight is 367 g/mol. The summed E-state index contributed by atoms with van der Waals surface area (Å²) in [5.41, 5.74) is 2.20. The number of hydrogen-bond acceptors (Lipinski definition) is 2. The van der Waals surface area contributed by atoms with E-state index in [1.165, 1.54) is 6.08 Å². The molecule has 0 saturated heterocycles. The van der Waals surface area contributed by atoms with Crippen molar-refractivity contribution in [1.82, 2.24) is 5.32 Å². The molecule has 23 heavy (non-hydrogen) atoms. The van der Waals surface area contributed by atoms with E-state index in [4.69, 9.17) is 5.26 Å². The van der Waals surface area contributed by atoms with Gasteiger partial charge in [-0.3, -0.25) is 4.79 Å². The van der Waals surface area contributed by atoms with E-state index in [1.807, 2.05) is 42.5 Å². The molecule has 0 spiro atoms. The van der Waals surface area contributed by atoms with Gasteiger partial charge in [0, 0.05) is 10.5 Å². The monoisotopic (exact) mass is 366 g/mol. The smallest absolute Gasteiger partial charge is 0.244 e. The number of carbonyl (C=O) groups excluding carboxylic acids is 1. The third kappa shape index (κ3) is 3.52. The van der Waals surface area contributed by atoms with Crippen LogP contribution >= 0.6 is 15.9 Å². The zero-order valence-corrected chi connectivity index (χ0v) is 14.0. The highest BCUT2D eigenvalue weighted by molar-refractivity contribution is 9.10. The molecular weight excluding hydrogens is 352 g/mol. The van der Waals surface area contributed by atoms with Gasteiger partial charge in [0.25, 0.3) is 0 Å². The number of carbonyl (C=O) groups is 1. The lowest BCUT2D eigenvalue weighted by molar-refractivity contribution is -0.117. The zero-order valence-electron chi connectivity index (χ0n) is 12.4. The summed E-state index contributed by atoms with van der Waals surface area (Å²) in [7, 11) is 0. The molecule has 3 nitrogen and oxygen atoms in total. The number of nitrogens with zero attached hydrogens (tertiary/aromatic N) is 1. The van der Waals surface area contributed by atoms with Gasteiger partial charge in [-0.05, 0) is 48.2 Å². The zero-order chi connectivity index (χ0) is 16.3. The van der Waals surface area contributed by atoms with Gasteiger partial charge in [-0.15, -0.1) is 0 Å². The molecule has 1 aliphatic rings. The van der Waals surface area contributed by atoms with Crippen LogP contribution in [0, 0.1) is 11.3 Å². The van der Waals surface area contributed by atoms with Crippen molar-refractivity contribution in [3.63, 3.8) is 0 Å². The summed E-state index contributed by atoms with van der Waals surface area (Å²) in [6.45, 7) is 0. The van der Waals surface area contributed by atoms with E-state index in [2.05, 4.69) is 27.3 Å². The molecule has 2 aromatic carbocycles. The normalized spacial score (nSPS) is 15.1. The average Bonchev–Trinajstić information content (AvgIpc) is 3.34. The van der Waals surface area contributed by atoms with Crippen LogP contribution in [-0.2, 0) is 10.3 Å². The van der Waals surface area contributed by atoms with Gasteiger partial charge in [-0.1, -0.05) is 46.3 Å². The minimum absolute atomic E-state index is 0.141. The van der Waals surface area contributed by atoms with E-state index in [0.29, 0.717) is 5.56 Å². The maximum Gasteiger partial charge on any atom is 0.244 e. The highest BCUT2D eigenvalue weighted by Gasteiger charge is 2.45. The molecule has 1 amide bonds. The van der Waals surface area contributed by atoms with Gasteiger partial charge < -0.3 is 5.32 Å². The Hall–Kier alpha value is -2.38. The molecule has 0 aromatic heterocycles. The number of nitriles is 1. The summed E-state index contributed by atoms with van der Waals surface area (Å²) in [6, 6.07) is 17.4. The van der Waals surface area contributed by atoms with Crippen LogP contribution in [0.15, 0.2) is 59.1 Å². The Balaban J connectivity index is 1.71. The molecule has 114 valence electrons. The quantitative estimate of drug-likeness (QED) is 0.826. The summed E-state index contributed by atoms with van der Waals surface area (Å²) in [5.74, 6) is -0.141. The fourth-order valence-corrected chi connectivity index (χ4v) is 2.83. The van der Waals surface area contributed by atoms with Gasteiger partial charge in [0.2, 0.25) is 5.91 Å². The van der Waals surface area contributed by atoms with Gasteiger partial charge in [0.15, 0.2) is 0 Å². The first-order valence-electron chi connectivity index (χ1n) is 7.38. The van der Waals surface area contributed by atoms with E-state index in [1.54, 1.807) is 12.1 Å². The van der Waals surface area contributed by atoms with Crippen molar-refractivity contribution in [3.8, 4) is 6.07 Å². The van der Waals surface area contributed by atoms with Gasteiger partial charge in [0.05, 0.1) is 17.2 Å². The van der Waals surface area contributed by atoms with E-state index in [9.17, 15) is 4.79 Å². The highest BCUT2D eigenvalue weighted by Crippen LogP contribution is 2.45. The van der Waals surface area contributed by atoms with Crippen LogP contribution in [0.3, 0.4) is 0 Å². The molecule has 1 saturated carbocycles. The number of halogens is 1. The second-order valence-corrected chi connectivity index (χ2v) is 6.53. The maximum absolute atomic E-state index is 12.2. The number of hydrogen-bond donors (Lipinski definition) is 1. The van der Waals surface area contributed by atoms with Crippen LogP contribution in [0.1, 0.15) is 29.5 Å². The largest absolute Gasteiger partial charge is 0.343 e. The molecule has 0 bridgehead atoms. The Morgan fingerprint density at radius 2 is 1.87 bits per heavy atom. The van der Waals surface area contributed by atoms with Crippen LogP contribution in [0.25, 0.3) is 6.08 Å². The lowest BCUT2D eigenvalue weighted by atomic mass is 10.0. The van der Waals surface area contributed by atoms with Crippen molar-refractivity contribution >= 4 is 27.9 Å². The Morgan fingerprint density at radius 1 is 1.17 bits per heavy atom. The third-order valence-corrected chi connectivity index (χ3v) is 4.53. The molecule has 0 aliphatic heterocycles. The van der Waals surface area contributed by atoms with Crippen LogP contribution in [-0.4, -0.2) is 5.91 Å². The maximum atomic E-state index is 12.2. The lowest BCUT2D eigenvalue weighted by Gasteiger charge is -2.17. The van der Waals surface area contributed by atoms with Gasteiger partial charge in [-0.25, -0.2) is 0 Å². The van der Waals surface area contributed by atoms with Crippen molar-refractivity contribution < 1.29 is 4.79 Å². The predicted octanol–water partition coefficient (Wildman–Crippen LogP) is 4.14. The van der Waals surface area contributed by atoms with Crippen LogP contribution in [0.4, 0.5) is 0 Å². The van der Waals surface area contributed by atoms with Crippen molar-refractivity contribution in [2.75, 3.05) is 0 Å². The first kappa shape index (κ1) is 15.5. The fraction of sp³-hybridized carbons (Fsp3) is 0.158. The molecule has 3 rings (SSSR count). The number of benzene rings is 2. The molecule has 0 heterocycles. The Kier molecular flexibility index (Phi) is 4.31. The van der Waals surface area contributed by atoms with Gasteiger partial charge in [0.1, 0.15) is 0 Å². The van der Waals surface area contributed by atoms with E-state index < -0.39 is 0 Å². The molecule has 0 atom stereocenters. The minimum Gasteiger partial charge on any atom is -0.343 e. The molecule has 4 heteroatoms. The van der Waals surface area contributed by atoms with Crippen LogP contribution in [0.2, 0.25) is 0 Å². The number of nitrogens with one attached hydrogen (secondary N) is 1. The summed E-state index contributed by atoms with van der Waals surface area (Å²) in [4.78, 5) is 12.2. The summed E-state index contributed by atoms with van der Waals surface area (Å²) < 4.78 is 1.02. The second kappa shape index (κ2) is 6.39. The Morgan fingerprint density at radius 3 is 2.52 bits per heavy atom. The number of amides is 1. The fourth-order valence-electron chi connectivity index (χ4n) is 2.57. The minimum atomic E-state index is -0.239. The number of rotatable bonds is 4. The van der Waals surface area contributed by atoms with Crippen LogP contribution in [0.5, 0.6) is 0 Å². The second-order valence-electron chi connectivity index (χ2n) is 5.61. The SMILES string of the molecule is N#Cc1ccccc1/C=C/C(=O)NC1(c2ccc(Br)cc2)CC1. The first-order chi connectivity index (χ1) is 11.1. The van der Waals surface area contributed by atoms with Crippen molar-refractivity contribution in [1.29, 1.82) is 5.26 Å². The summed E-state index contributed by atoms with van der Waals surface area (Å²) >= 11 is 3.42. The van der Waals surface area contributed by atoms with E-state index >= 15 is 0 Å². The summed E-state index contributed by atoms with van der Waals surface area (Å²) in [5, 5.41) is 12.1. The standard InChI is InChI=1S/C19H15BrN2O/c20-17-8-6-16(7-9-17)19(11-12-19)22-18(23)10-5-14-3-1-2-4-15(14)13-21/h1-10H,11-12H2,(H,22,23)/b10-5+. The molecule has 1 aliphatic carbocycles. The molecular formula is C19H15BrN2O. The Bertz CT molecular complexity index is 799. The van der Waals surface area contributed by atoms with E-state index in [-0.39, 0.29) is 11.4 Å². The molecule has 1 N–H and O–H groups in total. The molecule has 0 unspecified atom stereocenters. The van der Waals surface area contributed by atoms with Gasteiger partial charge >= 0.3 is 0 Å². The predicted molar refractivity (Wildman–Crippen MR) is 93.4 cm³/mol. The lowest BCUT2D eigenvalue weighted by Crippen LogP contribution is -2.33. The molecule has 1 fully saturated rings. The highest BCUT2D eigenvalue weighted by atomic mass is 79.9. The first-order valence-corrected chi connectivity index (χ1v) is 8.18. The van der Waals surface area contributed by atoms with Gasteiger partial charge in [-0.2, -0.15) is 5.26 Å². The summed E-state index contributed by atoms with van der Waals surface area (Å²) in [6.07, 6.45) is 5.08.